The molecule has 1 aromatic heterocycles. The van der Waals surface area contributed by atoms with Gasteiger partial charge < -0.3 is 10.0 Å². The van der Waals surface area contributed by atoms with Gasteiger partial charge in [-0.1, -0.05) is 13.0 Å². The van der Waals surface area contributed by atoms with E-state index in [0.717, 1.165) is 31.6 Å². The Balaban J connectivity index is 2.07. The molecule has 104 valence electrons. The van der Waals surface area contributed by atoms with Crippen LogP contribution in [0.2, 0.25) is 0 Å². The molecule has 0 radical (unpaired) electrons. The molecule has 5 heteroatoms. The Bertz CT molecular complexity index is 450. The number of piperazine rings is 1. The minimum atomic E-state index is -0.947. The molecule has 1 saturated heterocycles. The zero-order valence-electron chi connectivity index (χ0n) is 11.5. The molecule has 2 rings (SSSR count). The third-order valence-corrected chi connectivity index (χ3v) is 3.82. The van der Waals surface area contributed by atoms with Crippen molar-refractivity contribution in [3.63, 3.8) is 0 Å². The van der Waals surface area contributed by atoms with Gasteiger partial charge in [-0.2, -0.15) is 0 Å². The summed E-state index contributed by atoms with van der Waals surface area (Å²) in [7, 11) is 2.15. The first-order valence-corrected chi connectivity index (χ1v) is 6.71. The summed E-state index contributed by atoms with van der Waals surface area (Å²) in [6.07, 6.45) is 2.65. The maximum Gasteiger partial charge on any atom is 0.354 e. The summed E-state index contributed by atoms with van der Waals surface area (Å²) >= 11 is 0. The lowest BCUT2D eigenvalue weighted by Crippen LogP contribution is -2.50. The van der Waals surface area contributed by atoms with Crippen LogP contribution in [0.1, 0.15) is 29.4 Å². The average Bonchev–Trinajstić information content (AvgIpc) is 2.41. The number of likely N-dealkylation sites (N-methyl/N-ethyl adjacent to an activating group) is 1. The second-order valence-corrected chi connectivity index (χ2v) is 5.09. The lowest BCUT2D eigenvalue weighted by atomic mass is 10.1. The third-order valence-electron chi connectivity index (χ3n) is 3.82. The summed E-state index contributed by atoms with van der Waals surface area (Å²) in [6, 6.07) is 4.21. The fourth-order valence-corrected chi connectivity index (χ4v) is 2.59. The topological polar surface area (TPSA) is 56.7 Å². The minimum Gasteiger partial charge on any atom is -0.477 e. The van der Waals surface area contributed by atoms with Gasteiger partial charge in [0.15, 0.2) is 5.69 Å². The summed E-state index contributed by atoms with van der Waals surface area (Å²) in [5.74, 6) is -0.947. The number of carboxylic acids is 1. The highest BCUT2D eigenvalue weighted by Crippen LogP contribution is 2.15. The van der Waals surface area contributed by atoms with Crippen LogP contribution >= 0.6 is 0 Å². The van der Waals surface area contributed by atoms with E-state index in [9.17, 15) is 4.79 Å². The summed E-state index contributed by atoms with van der Waals surface area (Å²) in [5.41, 5.74) is 0.976. The number of aromatic carboxylic acids is 1. The molecule has 1 aliphatic heterocycles. The molecule has 0 spiro atoms. The van der Waals surface area contributed by atoms with E-state index in [1.54, 1.807) is 6.07 Å². The molecule has 19 heavy (non-hydrogen) atoms. The van der Waals surface area contributed by atoms with Crippen LogP contribution in [0.15, 0.2) is 18.3 Å². The van der Waals surface area contributed by atoms with Crippen LogP contribution in [0.3, 0.4) is 0 Å². The first-order chi connectivity index (χ1) is 9.11. The Morgan fingerprint density at radius 2 is 2.32 bits per heavy atom. The van der Waals surface area contributed by atoms with Crippen molar-refractivity contribution in [2.24, 2.45) is 0 Å². The van der Waals surface area contributed by atoms with Crippen LogP contribution in [-0.2, 0) is 6.54 Å². The zero-order valence-corrected chi connectivity index (χ0v) is 11.5. The Kier molecular flexibility index (Phi) is 4.50. The standard InChI is InChI=1S/C14H21N3O2/c1-3-12-10-17(8-7-16(12)2)9-11-5-4-6-15-13(11)14(18)19/h4-6,12H,3,7-10H2,1-2H3,(H,18,19). The van der Waals surface area contributed by atoms with Crippen LogP contribution in [0.25, 0.3) is 0 Å². The fourth-order valence-electron chi connectivity index (χ4n) is 2.59. The highest BCUT2D eigenvalue weighted by atomic mass is 16.4. The van der Waals surface area contributed by atoms with Crippen molar-refractivity contribution in [1.29, 1.82) is 0 Å². The van der Waals surface area contributed by atoms with E-state index >= 15 is 0 Å². The maximum atomic E-state index is 11.1. The van der Waals surface area contributed by atoms with Crippen molar-refractivity contribution in [2.45, 2.75) is 25.9 Å². The minimum absolute atomic E-state index is 0.175. The molecule has 0 bridgehead atoms. The molecular weight excluding hydrogens is 242 g/mol. The Hall–Kier alpha value is -1.46. The normalized spacial score (nSPS) is 21.5. The summed E-state index contributed by atoms with van der Waals surface area (Å²) < 4.78 is 0. The average molecular weight is 263 g/mol. The van der Waals surface area contributed by atoms with Crippen molar-refractivity contribution in [2.75, 3.05) is 26.7 Å². The first kappa shape index (κ1) is 14.0. The van der Waals surface area contributed by atoms with Gasteiger partial charge in [0.1, 0.15) is 0 Å². The number of hydrogen-bond acceptors (Lipinski definition) is 4. The highest BCUT2D eigenvalue weighted by Gasteiger charge is 2.24. The van der Waals surface area contributed by atoms with Crippen LogP contribution in [0.4, 0.5) is 0 Å². The molecule has 1 aliphatic rings. The number of hydrogen-bond donors (Lipinski definition) is 1. The molecular formula is C14H21N3O2. The van der Waals surface area contributed by atoms with Gasteiger partial charge in [-0.15, -0.1) is 0 Å². The molecule has 0 aliphatic carbocycles. The molecule has 0 saturated carbocycles. The summed E-state index contributed by atoms with van der Waals surface area (Å²) in [6.45, 7) is 5.85. The Labute approximate surface area is 113 Å². The molecule has 1 atom stereocenters. The monoisotopic (exact) mass is 263 g/mol. The van der Waals surface area contributed by atoms with Gasteiger partial charge >= 0.3 is 5.97 Å². The van der Waals surface area contributed by atoms with E-state index in [1.807, 2.05) is 6.07 Å². The number of carbonyl (C=O) groups is 1. The number of nitrogens with zero attached hydrogens (tertiary/aromatic N) is 3. The highest BCUT2D eigenvalue weighted by molar-refractivity contribution is 5.86. The van der Waals surface area contributed by atoms with E-state index < -0.39 is 5.97 Å². The lowest BCUT2D eigenvalue weighted by Gasteiger charge is -2.39. The van der Waals surface area contributed by atoms with Crippen LogP contribution < -0.4 is 0 Å². The summed E-state index contributed by atoms with van der Waals surface area (Å²) in [5, 5.41) is 9.15. The molecule has 5 nitrogen and oxygen atoms in total. The molecule has 1 N–H and O–H groups in total. The molecule has 1 aromatic rings. The molecule has 0 amide bonds. The second kappa shape index (κ2) is 6.12. The Morgan fingerprint density at radius 3 is 3.00 bits per heavy atom. The van der Waals surface area contributed by atoms with E-state index in [2.05, 4.69) is 28.8 Å². The number of rotatable bonds is 4. The SMILES string of the molecule is CCC1CN(Cc2cccnc2C(=O)O)CCN1C. The van der Waals surface area contributed by atoms with E-state index in [4.69, 9.17) is 5.11 Å². The smallest absolute Gasteiger partial charge is 0.354 e. The van der Waals surface area contributed by atoms with Crippen LogP contribution in [0, 0.1) is 0 Å². The van der Waals surface area contributed by atoms with E-state index in [-0.39, 0.29) is 5.69 Å². The van der Waals surface area contributed by atoms with Crippen molar-refractivity contribution >= 4 is 5.97 Å². The number of pyridine rings is 1. The van der Waals surface area contributed by atoms with Gasteiger partial charge in [-0.05, 0) is 25.1 Å². The van der Waals surface area contributed by atoms with E-state index in [1.165, 1.54) is 6.20 Å². The largest absolute Gasteiger partial charge is 0.477 e. The molecule has 2 heterocycles. The number of carboxylic acid groups (broad SMARTS) is 1. The third kappa shape index (κ3) is 3.30. The Morgan fingerprint density at radius 1 is 1.53 bits per heavy atom. The van der Waals surface area contributed by atoms with Crippen molar-refractivity contribution in [3.8, 4) is 0 Å². The van der Waals surface area contributed by atoms with Gasteiger partial charge in [-0.25, -0.2) is 9.78 Å². The summed E-state index contributed by atoms with van der Waals surface area (Å²) in [4.78, 5) is 19.8. The predicted octanol–water partition coefficient (Wildman–Crippen LogP) is 1.31. The molecule has 0 aromatic carbocycles. The van der Waals surface area contributed by atoms with Gasteiger partial charge in [0, 0.05) is 38.4 Å². The molecule has 1 unspecified atom stereocenters. The zero-order chi connectivity index (χ0) is 13.8. The number of aromatic nitrogens is 1. The fraction of sp³-hybridized carbons (Fsp3) is 0.571. The lowest BCUT2D eigenvalue weighted by molar-refractivity contribution is 0.0681. The van der Waals surface area contributed by atoms with Crippen molar-refractivity contribution < 1.29 is 9.90 Å². The van der Waals surface area contributed by atoms with Crippen LogP contribution in [-0.4, -0.2) is 58.6 Å². The van der Waals surface area contributed by atoms with Crippen molar-refractivity contribution in [3.05, 3.63) is 29.6 Å². The van der Waals surface area contributed by atoms with Gasteiger partial charge in [-0.3, -0.25) is 4.90 Å². The second-order valence-electron chi connectivity index (χ2n) is 5.09. The maximum absolute atomic E-state index is 11.1. The van der Waals surface area contributed by atoms with Crippen molar-refractivity contribution in [1.82, 2.24) is 14.8 Å². The van der Waals surface area contributed by atoms with Gasteiger partial charge in [0.05, 0.1) is 0 Å². The van der Waals surface area contributed by atoms with Gasteiger partial charge in [0.2, 0.25) is 0 Å². The van der Waals surface area contributed by atoms with E-state index in [0.29, 0.717) is 12.6 Å². The predicted molar refractivity (Wildman–Crippen MR) is 73.2 cm³/mol. The quantitative estimate of drug-likeness (QED) is 0.887. The molecule has 1 fully saturated rings. The van der Waals surface area contributed by atoms with Crippen LogP contribution in [0.5, 0.6) is 0 Å². The van der Waals surface area contributed by atoms with Gasteiger partial charge in [0.25, 0.3) is 0 Å². The first-order valence-electron chi connectivity index (χ1n) is 6.71.